The lowest BCUT2D eigenvalue weighted by atomic mass is 9.91. The van der Waals surface area contributed by atoms with Crippen LogP contribution in [0, 0.1) is 20.8 Å². The molecule has 2 aliphatic heterocycles. The third-order valence-electron chi connectivity index (χ3n) is 17.7. The van der Waals surface area contributed by atoms with Crippen LogP contribution < -0.4 is 9.80 Å². The number of halogens is 2. The summed E-state index contributed by atoms with van der Waals surface area (Å²) in [5, 5.41) is 36.2. The fourth-order valence-corrected chi connectivity index (χ4v) is 15.8. The van der Waals surface area contributed by atoms with E-state index < -0.39 is 35.3 Å². The minimum Gasteiger partial charge on any atom is -0.479 e. The second-order valence-electron chi connectivity index (χ2n) is 26.7. The summed E-state index contributed by atoms with van der Waals surface area (Å²) in [6, 6.07) is 36.3. The summed E-state index contributed by atoms with van der Waals surface area (Å²) in [6.45, 7) is 23.7. The Morgan fingerprint density at radius 3 is 1.59 bits per heavy atom. The summed E-state index contributed by atoms with van der Waals surface area (Å²) in [6.07, 6.45) is -2.46. The minimum atomic E-state index is -1.24. The average Bonchev–Trinajstić information content (AvgIpc) is 1.75. The van der Waals surface area contributed by atoms with Gasteiger partial charge in [-0.05, 0) is 170 Å². The number of anilines is 2. The van der Waals surface area contributed by atoms with Gasteiger partial charge in [0.05, 0.1) is 54.1 Å². The first kappa shape index (κ1) is 63.9. The molecule has 13 rings (SSSR count). The van der Waals surface area contributed by atoms with Crippen LogP contribution >= 0.6 is 45.9 Å². The van der Waals surface area contributed by atoms with Crippen LogP contribution in [0.5, 0.6) is 0 Å². The van der Waals surface area contributed by atoms with Crippen molar-refractivity contribution in [1.82, 2.24) is 44.3 Å². The zero-order valence-corrected chi connectivity index (χ0v) is 57.4. The lowest BCUT2D eigenvalue weighted by Gasteiger charge is -2.44. The van der Waals surface area contributed by atoms with Crippen LogP contribution in [-0.2, 0) is 33.2 Å². The zero-order valence-electron chi connectivity index (χ0n) is 54.3. The number of pyridine rings is 1. The van der Waals surface area contributed by atoms with Gasteiger partial charge < -0.3 is 29.5 Å². The van der Waals surface area contributed by atoms with Gasteiger partial charge in [-0.15, -0.1) is 22.7 Å². The summed E-state index contributed by atoms with van der Waals surface area (Å²) < 4.78 is 18.2. The molecule has 11 aromatic rings. The van der Waals surface area contributed by atoms with Gasteiger partial charge >= 0.3 is 11.9 Å². The van der Waals surface area contributed by atoms with E-state index in [1.54, 1.807) is 22.7 Å². The van der Waals surface area contributed by atoms with Crippen molar-refractivity contribution < 1.29 is 29.3 Å². The van der Waals surface area contributed by atoms with Gasteiger partial charge in [0, 0.05) is 132 Å². The predicted octanol–water partition coefficient (Wildman–Crippen LogP) is 15.5. The number of aliphatic carboxylic acids is 2. The lowest BCUT2D eigenvalue weighted by molar-refractivity contribution is -0.161. The van der Waals surface area contributed by atoms with Crippen LogP contribution in [0.25, 0.3) is 96.9 Å². The van der Waals surface area contributed by atoms with Gasteiger partial charge in [-0.2, -0.15) is 10.2 Å². The molecule has 0 bridgehead atoms. The molecule has 3 atom stereocenters. The lowest BCUT2D eigenvalue weighted by Crippen LogP contribution is -2.58. The van der Waals surface area contributed by atoms with E-state index in [9.17, 15) is 19.8 Å². The van der Waals surface area contributed by atoms with E-state index in [1.807, 2.05) is 146 Å². The van der Waals surface area contributed by atoms with Gasteiger partial charge in [-0.1, -0.05) is 53.5 Å². The van der Waals surface area contributed by atoms with E-state index in [1.165, 1.54) is 0 Å². The molecule has 21 heteroatoms. The molecule has 0 spiro atoms. The van der Waals surface area contributed by atoms with E-state index in [0.29, 0.717) is 21.2 Å². The number of carbonyl (C=O) groups is 2. The van der Waals surface area contributed by atoms with Gasteiger partial charge in [-0.3, -0.25) is 19.2 Å². The van der Waals surface area contributed by atoms with Crippen molar-refractivity contribution in [1.29, 1.82) is 0 Å². The smallest absolute Gasteiger partial charge is 0.337 e. The van der Waals surface area contributed by atoms with Crippen molar-refractivity contribution in [2.24, 2.45) is 14.1 Å². The standard InChI is InChI=1S/C72H75Cl2N11O6S2/c1-39-31-53-64(60(42-13-19-47(73)20-14-42)58(39)62(69(86)87)90-71(4,5)6)92-67(76-53)45-18-24-56-51(34-45)66(79-82(56)12)84-29-26-83(27-30-84)37-49-38-85(28-25-80(49)10)57-36-46(35-52(75-57)44-17-23-55-50(33-44)41(3)78-81(55)11)68-77-54-32-40(2)59(63(70(88)89)91-72(7,8)9)61(65(54)93-68)43-15-21-48(74)22-16-43/h13-24,31-36,49,62-63H,25-30,37-38H2,1-12H3,(H,86,87)(H,88,89)/t49?,62-,63-/m0/s1. The quantitative estimate of drug-likeness (QED) is 0.0989. The molecule has 6 aromatic carbocycles. The number of hydrogen-bond acceptors (Lipinski definition) is 15. The van der Waals surface area contributed by atoms with Crippen LogP contribution in [0.3, 0.4) is 0 Å². The zero-order chi connectivity index (χ0) is 65.7. The van der Waals surface area contributed by atoms with E-state index >= 15 is 0 Å². The summed E-state index contributed by atoms with van der Waals surface area (Å²) in [5.41, 5.74) is 12.6. The summed E-state index contributed by atoms with van der Waals surface area (Å²) in [5.74, 6) is -0.335. The molecule has 0 saturated carbocycles. The summed E-state index contributed by atoms with van der Waals surface area (Å²) in [4.78, 5) is 52.2. The number of fused-ring (bicyclic) bond motifs is 4. The number of likely N-dealkylation sites (N-methyl/N-ethyl adjacent to an activating group) is 1. The normalized spacial score (nSPS) is 16.2. The van der Waals surface area contributed by atoms with Crippen LogP contribution in [-0.4, -0.2) is 143 Å². The van der Waals surface area contributed by atoms with E-state index in [0.717, 1.165) is 178 Å². The van der Waals surface area contributed by atoms with Crippen molar-refractivity contribution in [3.63, 3.8) is 0 Å². The highest BCUT2D eigenvalue weighted by Crippen LogP contribution is 2.48. The number of rotatable bonds is 15. The first-order valence-electron chi connectivity index (χ1n) is 31.3. The molecule has 0 aliphatic carbocycles. The molecule has 7 heterocycles. The number of nitrogens with zero attached hydrogens (tertiary/aromatic N) is 11. The Kier molecular flexibility index (Phi) is 17.0. The summed E-state index contributed by atoms with van der Waals surface area (Å²) in [7, 11) is 6.19. The van der Waals surface area contributed by atoms with Gasteiger partial charge in [0.1, 0.15) is 15.8 Å². The highest BCUT2D eigenvalue weighted by molar-refractivity contribution is 7.22. The number of benzene rings is 6. The largest absolute Gasteiger partial charge is 0.479 e. The number of hydrogen-bond donors (Lipinski definition) is 2. The molecule has 17 nitrogen and oxygen atoms in total. The Bertz CT molecular complexity index is 4730. The predicted molar refractivity (Wildman–Crippen MR) is 377 cm³/mol. The van der Waals surface area contributed by atoms with Gasteiger partial charge in [0.15, 0.2) is 18.0 Å². The topological polar surface area (TPSA) is 180 Å². The number of aromatic nitrogens is 7. The molecule has 0 radical (unpaired) electrons. The van der Waals surface area contributed by atoms with Gasteiger partial charge in [0.25, 0.3) is 0 Å². The highest BCUT2D eigenvalue weighted by Gasteiger charge is 2.36. The Morgan fingerprint density at radius 1 is 0.570 bits per heavy atom. The second kappa shape index (κ2) is 24.8. The summed E-state index contributed by atoms with van der Waals surface area (Å²) >= 11 is 16.0. The van der Waals surface area contributed by atoms with Crippen LogP contribution in [0.15, 0.2) is 109 Å². The average molecular weight is 1330 g/mol. The number of aryl methyl sites for hydroxylation is 5. The van der Waals surface area contributed by atoms with Crippen molar-refractivity contribution in [3.05, 3.63) is 147 Å². The van der Waals surface area contributed by atoms with E-state index in [2.05, 4.69) is 75.2 Å². The molecule has 2 fully saturated rings. The second-order valence-corrected chi connectivity index (χ2v) is 29.6. The molecular formula is C72H75Cl2N11O6S2. The fourth-order valence-electron chi connectivity index (χ4n) is 13.3. The number of thiazole rings is 2. The van der Waals surface area contributed by atoms with E-state index in [4.69, 9.17) is 57.8 Å². The highest BCUT2D eigenvalue weighted by atomic mass is 35.5. The molecule has 93 heavy (non-hydrogen) atoms. The molecule has 2 aliphatic rings. The molecule has 5 aromatic heterocycles. The van der Waals surface area contributed by atoms with E-state index in [-0.39, 0.29) is 6.04 Å². The number of piperazine rings is 2. The van der Waals surface area contributed by atoms with Gasteiger partial charge in [-0.25, -0.2) is 24.5 Å². The Balaban J connectivity index is 0.790. The maximum atomic E-state index is 13.2. The first-order chi connectivity index (χ1) is 44.2. The third kappa shape index (κ3) is 12.7. The Morgan fingerprint density at radius 2 is 1.05 bits per heavy atom. The Labute approximate surface area is 558 Å². The molecule has 2 N–H and O–H groups in total. The maximum Gasteiger partial charge on any atom is 0.337 e. The maximum absolute atomic E-state index is 13.2. The van der Waals surface area contributed by atoms with Crippen LogP contribution in [0.1, 0.15) is 81.7 Å². The molecule has 1 unspecified atom stereocenters. The van der Waals surface area contributed by atoms with Crippen LogP contribution in [0.4, 0.5) is 11.6 Å². The monoisotopic (exact) mass is 1320 g/mol. The third-order valence-corrected chi connectivity index (χ3v) is 20.5. The van der Waals surface area contributed by atoms with Gasteiger partial charge in [0.2, 0.25) is 0 Å². The Hall–Kier alpha value is -7.85. The number of carboxylic acid groups (broad SMARTS) is 2. The number of carboxylic acids is 2. The first-order valence-corrected chi connectivity index (χ1v) is 33.7. The SMILES string of the molecule is Cc1cc2nc(-c3cc(-c4ccc5c(c4)c(C)nn5C)nc(N4CCN(C)C(CN5CCN(c6nn(C)c7ccc(-c8nc9cc(C)c([C@H](OC(C)(C)C)C(=O)O)c(-c%10ccc(Cl)cc%10)c9s8)cc67)CC5)C4)c3)sc2c(-c2ccc(Cl)cc2)c1[C@H](OC(C)(C)C)C(=O)O. The van der Waals surface area contributed by atoms with Crippen molar-refractivity contribution in [2.45, 2.75) is 91.8 Å². The molecular weight excluding hydrogens is 1250 g/mol. The van der Waals surface area contributed by atoms with Crippen LogP contribution in [0.2, 0.25) is 10.0 Å². The van der Waals surface area contributed by atoms with Crippen molar-refractivity contribution >= 4 is 112 Å². The molecule has 2 saturated heterocycles. The number of ether oxygens (including phenoxy) is 2. The molecule has 0 amide bonds. The molecule has 480 valence electrons. The fraction of sp³-hybridized carbons (Fsp3) is 0.347. The van der Waals surface area contributed by atoms with Crippen molar-refractivity contribution in [3.8, 4) is 54.7 Å². The minimum absolute atomic E-state index is 0.199. The van der Waals surface area contributed by atoms with Crippen molar-refractivity contribution in [2.75, 3.05) is 69.2 Å².